The third-order valence-corrected chi connectivity index (χ3v) is 7.79. The molecule has 4 heterocycles. The van der Waals surface area contributed by atoms with Crippen LogP contribution in [-0.2, 0) is 11.2 Å². The van der Waals surface area contributed by atoms with Gasteiger partial charge in [0.1, 0.15) is 5.76 Å². The van der Waals surface area contributed by atoms with Gasteiger partial charge in [0.05, 0.1) is 33.9 Å². The summed E-state index contributed by atoms with van der Waals surface area (Å²) in [4.78, 5) is 5.03. The van der Waals surface area contributed by atoms with E-state index >= 15 is 0 Å². The Morgan fingerprint density at radius 1 is 1.03 bits per heavy atom. The van der Waals surface area contributed by atoms with E-state index in [0.29, 0.717) is 12.3 Å². The SMILES string of the molecule is Cc1noc(C)c1-c1cnc2c3ccc(CC(C)(C)O)cc3n([C@H](c3ccccc3)C3CCOCC3)c2c1. The average Bonchev–Trinajstić information content (AvgIpc) is 3.40. The van der Waals surface area contributed by atoms with Gasteiger partial charge in [-0.2, -0.15) is 0 Å². The minimum Gasteiger partial charge on any atom is -0.390 e. The van der Waals surface area contributed by atoms with Crippen LogP contribution in [0.15, 0.2) is 65.3 Å². The van der Waals surface area contributed by atoms with Gasteiger partial charge in [0.2, 0.25) is 0 Å². The van der Waals surface area contributed by atoms with Gasteiger partial charge < -0.3 is 18.9 Å². The summed E-state index contributed by atoms with van der Waals surface area (Å²) in [5.41, 5.74) is 7.70. The molecule has 0 saturated carbocycles. The normalized spacial score (nSPS) is 15.9. The number of aromatic nitrogens is 3. The minimum absolute atomic E-state index is 0.124. The van der Waals surface area contributed by atoms with Gasteiger partial charge in [-0.15, -0.1) is 0 Å². The molecular formula is C32H35N3O3. The fourth-order valence-corrected chi connectivity index (χ4v) is 6.21. The third-order valence-electron chi connectivity index (χ3n) is 7.79. The van der Waals surface area contributed by atoms with Gasteiger partial charge >= 0.3 is 0 Å². The summed E-state index contributed by atoms with van der Waals surface area (Å²) in [5.74, 6) is 1.22. The Labute approximate surface area is 223 Å². The van der Waals surface area contributed by atoms with Crippen molar-refractivity contribution in [3.63, 3.8) is 0 Å². The van der Waals surface area contributed by atoms with E-state index in [0.717, 1.165) is 76.1 Å². The lowest BCUT2D eigenvalue weighted by Crippen LogP contribution is -2.27. The van der Waals surface area contributed by atoms with Gasteiger partial charge in [0.25, 0.3) is 0 Å². The fraction of sp³-hybridized carbons (Fsp3) is 0.375. The van der Waals surface area contributed by atoms with Crippen LogP contribution in [0.1, 0.15) is 55.3 Å². The summed E-state index contributed by atoms with van der Waals surface area (Å²) in [6.07, 6.45) is 4.52. The summed E-state index contributed by atoms with van der Waals surface area (Å²) >= 11 is 0. The Bertz CT molecular complexity index is 1570. The van der Waals surface area contributed by atoms with E-state index in [1.54, 1.807) is 0 Å². The molecular weight excluding hydrogens is 474 g/mol. The first-order chi connectivity index (χ1) is 18.3. The molecule has 38 heavy (non-hydrogen) atoms. The maximum Gasteiger partial charge on any atom is 0.141 e. The Kier molecular flexibility index (Phi) is 6.33. The molecule has 0 radical (unpaired) electrons. The predicted molar refractivity (Wildman–Crippen MR) is 150 cm³/mol. The molecule has 6 rings (SSSR count). The van der Waals surface area contributed by atoms with Gasteiger partial charge in [-0.3, -0.25) is 4.98 Å². The zero-order valence-corrected chi connectivity index (χ0v) is 22.6. The van der Waals surface area contributed by atoms with Crippen LogP contribution in [0.25, 0.3) is 33.1 Å². The maximum atomic E-state index is 10.6. The van der Waals surface area contributed by atoms with Crippen molar-refractivity contribution >= 4 is 21.9 Å². The van der Waals surface area contributed by atoms with Gasteiger partial charge in [0, 0.05) is 42.3 Å². The predicted octanol–water partition coefficient (Wildman–Crippen LogP) is 6.79. The summed E-state index contributed by atoms with van der Waals surface area (Å²) in [6.45, 7) is 9.20. The van der Waals surface area contributed by atoms with Crippen molar-refractivity contribution in [1.29, 1.82) is 0 Å². The number of hydrogen-bond donors (Lipinski definition) is 1. The molecule has 1 fully saturated rings. The molecule has 1 N–H and O–H groups in total. The molecule has 1 aliphatic heterocycles. The van der Waals surface area contributed by atoms with E-state index in [4.69, 9.17) is 14.2 Å². The van der Waals surface area contributed by atoms with Crippen LogP contribution in [0.3, 0.4) is 0 Å². The average molecular weight is 510 g/mol. The number of pyridine rings is 1. The van der Waals surface area contributed by atoms with Gasteiger partial charge in [0.15, 0.2) is 0 Å². The Morgan fingerprint density at radius 3 is 2.47 bits per heavy atom. The van der Waals surface area contributed by atoms with E-state index in [2.05, 4.69) is 64.3 Å². The highest BCUT2D eigenvalue weighted by Gasteiger charge is 2.30. The highest BCUT2D eigenvalue weighted by molar-refractivity contribution is 6.07. The summed E-state index contributed by atoms with van der Waals surface area (Å²) in [7, 11) is 0. The zero-order chi connectivity index (χ0) is 26.4. The first-order valence-corrected chi connectivity index (χ1v) is 13.5. The van der Waals surface area contributed by atoms with Gasteiger partial charge in [-0.05, 0) is 69.7 Å². The van der Waals surface area contributed by atoms with Crippen LogP contribution in [0.4, 0.5) is 0 Å². The second-order valence-electron chi connectivity index (χ2n) is 11.3. The largest absolute Gasteiger partial charge is 0.390 e. The topological polar surface area (TPSA) is 73.3 Å². The molecule has 1 aliphatic rings. The first-order valence-electron chi connectivity index (χ1n) is 13.5. The third kappa shape index (κ3) is 4.52. The van der Waals surface area contributed by atoms with E-state index in [9.17, 15) is 5.11 Å². The lowest BCUT2D eigenvalue weighted by Gasteiger charge is -2.33. The zero-order valence-electron chi connectivity index (χ0n) is 22.6. The Balaban J connectivity index is 1.66. The first kappa shape index (κ1) is 24.8. The lowest BCUT2D eigenvalue weighted by atomic mass is 9.86. The highest BCUT2D eigenvalue weighted by Crippen LogP contribution is 2.42. The molecule has 3 aromatic heterocycles. The summed E-state index contributed by atoms with van der Waals surface area (Å²) in [6, 6.07) is 19.7. The number of rotatable bonds is 6. The van der Waals surface area contributed by atoms with Gasteiger partial charge in [-0.1, -0.05) is 47.6 Å². The molecule has 0 unspecified atom stereocenters. The minimum atomic E-state index is -0.793. The van der Waals surface area contributed by atoms with Crippen molar-refractivity contribution in [2.45, 2.75) is 58.6 Å². The molecule has 2 aromatic carbocycles. The maximum absolute atomic E-state index is 10.6. The molecule has 0 amide bonds. The van der Waals surface area contributed by atoms with Crippen molar-refractivity contribution in [2.75, 3.05) is 13.2 Å². The van der Waals surface area contributed by atoms with Crippen molar-refractivity contribution in [3.8, 4) is 11.1 Å². The van der Waals surface area contributed by atoms with Crippen molar-refractivity contribution in [3.05, 3.63) is 83.4 Å². The van der Waals surface area contributed by atoms with Crippen LogP contribution in [0, 0.1) is 19.8 Å². The molecule has 0 bridgehead atoms. The summed E-state index contributed by atoms with van der Waals surface area (Å²) in [5, 5.41) is 15.9. The molecule has 5 aromatic rings. The summed E-state index contributed by atoms with van der Waals surface area (Å²) < 4.78 is 13.8. The fourth-order valence-electron chi connectivity index (χ4n) is 6.21. The standard InChI is InChI=1S/C32H35N3O3/c1-20-29(21(2)38-34-20)25-17-28-30(33-19-25)26-11-10-22(18-32(3,4)36)16-27(26)35(28)31(23-8-6-5-7-9-23)24-12-14-37-15-13-24/h5-11,16-17,19,24,31,36H,12-15,18H2,1-4H3/t31-/m1/s1. The monoisotopic (exact) mass is 509 g/mol. The quantitative estimate of drug-likeness (QED) is 0.273. The van der Waals surface area contributed by atoms with Crippen LogP contribution < -0.4 is 0 Å². The van der Waals surface area contributed by atoms with Crippen LogP contribution >= 0.6 is 0 Å². The number of hydrogen-bond acceptors (Lipinski definition) is 5. The molecule has 6 nitrogen and oxygen atoms in total. The Hall–Kier alpha value is -3.48. The van der Waals surface area contributed by atoms with Gasteiger partial charge in [-0.25, -0.2) is 0 Å². The van der Waals surface area contributed by atoms with E-state index < -0.39 is 5.60 Å². The van der Waals surface area contributed by atoms with E-state index in [-0.39, 0.29) is 6.04 Å². The molecule has 1 atom stereocenters. The Morgan fingerprint density at radius 2 is 1.79 bits per heavy atom. The second kappa shape index (κ2) is 9.68. The van der Waals surface area contributed by atoms with Crippen molar-refractivity contribution in [1.82, 2.24) is 14.7 Å². The van der Waals surface area contributed by atoms with Crippen LogP contribution in [0.5, 0.6) is 0 Å². The smallest absolute Gasteiger partial charge is 0.141 e. The second-order valence-corrected chi connectivity index (χ2v) is 11.3. The van der Waals surface area contributed by atoms with E-state index in [1.165, 1.54) is 5.56 Å². The van der Waals surface area contributed by atoms with Crippen LogP contribution in [0.2, 0.25) is 0 Å². The molecule has 0 aliphatic carbocycles. The highest BCUT2D eigenvalue weighted by atomic mass is 16.5. The number of aryl methyl sites for hydroxylation is 2. The molecule has 196 valence electrons. The molecule has 0 spiro atoms. The number of nitrogens with zero attached hydrogens (tertiary/aromatic N) is 3. The van der Waals surface area contributed by atoms with Crippen LogP contribution in [-0.4, -0.2) is 38.6 Å². The number of aliphatic hydroxyl groups is 1. The number of ether oxygens (including phenoxy) is 1. The number of fused-ring (bicyclic) bond motifs is 3. The lowest BCUT2D eigenvalue weighted by molar-refractivity contribution is 0.0552. The van der Waals surface area contributed by atoms with Crippen molar-refractivity contribution < 1.29 is 14.4 Å². The molecule has 1 saturated heterocycles. The van der Waals surface area contributed by atoms with Crippen molar-refractivity contribution in [2.24, 2.45) is 5.92 Å². The number of benzene rings is 2. The molecule has 6 heteroatoms. The van der Waals surface area contributed by atoms with E-state index in [1.807, 2.05) is 33.9 Å².